The summed E-state index contributed by atoms with van der Waals surface area (Å²) in [7, 11) is -0.770. The van der Waals surface area contributed by atoms with Gasteiger partial charge in [-0.3, -0.25) is 0 Å². The Bertz CT molecular complexity index is 734. The standard InChI is InChI=1S/C18H12Cl3P/c19-15-11-17(21)18(12-16(15)20)22(13-7-3-1-4-8-13)14-9-5-2-6-10-14/h1-12H. The highest BCUT2D eigenvalue weighted by molar-refractivity contribution is 7.80. The predicted octanol–water partition coefficient (Wildman–Crippen LogP) is 5.41. The van der Waals surface area contributed by atoms with Gasteiger partial charge in [0.05, 0.1) is 15.1 Å². The van der Waals surface area contributed by atoms with Crippen LogP contribution in [0.25, 0.3) is 0 Å². The Morgan fingerprint density at radius 1 is 0.545 bits per heavy atom. The molecule has 0 atom stereocenters. The second kappa shape index (κ2) is 7.02. The molecule has 0 bridgehead atoms. The number of benzene rings is 3. The van der Waals surface area contributed by atoms with E-state index in [9.17, 15) is 0 Å². The van der Waals surface area contributed by atoms with E-state index in [1.165, 1.54) is 10.6 Å². The van der Waals surface area contributed by atoms with Crippen LogP contribution in [0.4, 0.5) is 0 Å². The molecule has 0 heterocycles. The molecule has 0 aliphatic heterocycles. The average Bonchev–Trinajstić information content (AvgIpc) is 2.55. The van der Waals surface area contributed by atoms with E-state index in [1.54, 1.807) is 6.07 Å². The summed E-state index contributed by atoms with van der Waals surface area (Å²) in [6, 6.07) is 24.3. The molecule has 22 heavy (non-hydrogen) atoms. The Kier molecular flexibility index (Phi) is 5.06. The van der Waals surface area contributed by atoms with Crippen LogP contribution < -0.4 is 15.9 Å². The maximum absolute atomic E-state index is 6.47. The van der Waals surface area contributed by atoms with Crippen molar-refractivity contribution in [2.45, 2.75) is 0 Å². The summed E-state index contributed by atoms with van der Waals surface area (Å²) in [5.41, 5.74) is 0. The van der Waals surface area contributed by atoms with Gasteiger partial charge in [0.1, 0.15) is 0 Å². The van der Waals surface area contributed by atoms with Gasteiger partial charge < -0.3 is 0 Å². The zero-order chi connectivity index (χ0) is 15.5. The lowest BCUT2D eigenvalue weighted by molar-refractivity contribution is 1.73. The molecule has 0 saturated carbocycles. The van der Waals surface area contributed by atoms with E-state index in [2.05, 4.69) is 24.3 Å². The first-order valence-electron chi connectivity index (χ1n) is 6.71. The van der Waals surface area contributed by atoms with Crippen molar-refractivity contribution in [3.05, 3.63) is 87.9 Å². The van der Waals surface area contributed by atoms with Gasteiger partial charge in [-0.25, -0.2) is 0 Å². The zero-order valence-corrected chi connectivity index (χ0v) is 14.7. The van der Waals surface area contributed by atoms with Crippen LogP contribution in [0.3, 0.4) is 0 Å². The van der Waals surface area contributed by atoms with Gasteiger partial charge in [-0.15, -0.1) is 0 Å². The summed E-state index contributed by atoms with van der Waals surface area (Å²) in [5.74, 6) is 0. The minimum atomic E-state index is -0.770. The molecule has 4 heteroatoms. The first-order valence-corrected chi connectivity index (χ1v) is 9.19. The number of hydrogen-bond donors (Lipinski definition) is 0. The Balaban J connectivity index is 2.21. The monoisotopic (exact) mass is 364 g/mol. The van der Waals surface area contributed by atoms with Gasteiger partial charge in [0.25, 0.3) is 0 Å². The quantitative estimate of drug-likeness (QED) is 0.430. The second-order valence-electron chi connectivity index (χ2n) is 4.72. The van der Waals surface area contributed by atoms with Crippen LogP contribution in [0.5, 0.6) is 0 Å². The number of halogens is 3. The van der Waals surface area contributed by atoms with Gasteiger partial charge in [0.15, 0.2) is 0 Å². The zero-order valence-electron chi connectivity index (χ0n) is 11.5. The van der Waals surface area contributed by atoms with Crippen molar-refractivity contribution < 1.29 is 0 Å². The predicted molar refractivity (Wildman–Crippen MR) is 100 cm³/mol. The highest BCUT2D eigenvalue weighted by Crippen LogP contribution is 2.38. The topological polar surface area (TPSA) is 0 Å². The van der Waals surface area contributed by atoms with Gasteiger partial charge in [-0.2, -0.15) is 0 Å². The summed E-state index contributed by atoms with van der Waals surface area (Å²) in [4.78, 5) is 0. The van der Waals surface area contributed by atoms with E-state index in [4.69, 9.17) is 34.8 Å². The van der Waals surface area contributed by atoms with Crippen molar-refractivity contribution in [3.63, 3.8) is 0 Å². The summed E-state index contributed by atoms with van der Waals surface area (Å²) in [6.45, 7) is 0. The molecule has 0 saturated heterocycles. The van der Waals surface area contributed by atoms with Gasteiger partial charge in [-0.05, 0) is 30.7 Å². The maximum Gasteiger partial charge on any atom is 0.0607 e. The summed E-state index contributed by atoms with van der Waals surface area (Å²) in [6.07, 6.45) is 0. The molecular weight excluding hydrogens is 354 g/mol. The Labute approximate surface area is 146 Å². The van der Waals surface area contributed by atoms with E-state index in [-0.39, 0.29) is 0 Å². The largest absolute Gasteiger partial charge is 0.0836 e. The van der Waals surface area contributed by atoms with Crippen LogP contribution in [0, 0.1) is 0 Å². The van der Waals surface area contributed by atoms with Crippen molar-refractivity contribution in [2.75, 3.05) is 0 Å². The number of hydrogen-bond acceptors (Lipinski definition) is 0. The summed E-state index contributed by atoms with van der Waals surface area (Å²) in [5, 5.41) is 5.12. The van der Waals surface area contributed by atoms with Crippen LogP contribution in [-0.2, 0) is 0 Å². The van der Waals surface area contributed by atoms with Crippen LogP contribution in [-0.4, -0.2) is 0 Å². The number of rotatable bonds is 3. The first kappa shape index (κ1) is 15.8. The lowest BCUT2D eigenvalue weighted by atomic mass is 10.3. The van der Waals surface area contributed by atoms with E-state index in [1.807, 2.05) is 42.5 Å². The van der Waals surface area contributed by atoms with Crippen molar-refractivity contribution in [3.8, 4) is 0 Å². The van der Waals surface area contributed by atoms with Crippen molar-refractivity contribution >= 4 is 58.6 Å². The molecule has 3 aromatic rings. The van der Waals surface area contributed by atoms with Crippen molar-refractivity contribution in [2.24, 2.45) is 0 Å². The Morgan fingerprint density at radius 2 is 1.00 bits per heavy atom. The molecule has 110 valence electrons. The molecule has 0 aliphatic carbocycles. The average molecular weight is 366 g/mol. The second-order valence-corrected chi connectivity index (χ2v) is 8.13. The normalized spacial score (nSPS) is 10.9. The molecule has 0 aromatic heterocycles. The maximum atomic E-state index is 6.47. The minimum Gasteiger partial charge on any atom is -0.0836 e. The fourth-order valence-electron chi connectivity index (χ4n) is 2.26. The van der Waals surface area contributed by atoms with E-state index >= 15 is 0 Å². The fourth-order valence-corrected chi connectivity index (χ4v) is 5.47. The van der Waals surface area contributed by atoms with Crippen LogP contribution in [0.2, 0.25) is 15.1 Å². The lowest BCUT2D eigenvalue weighted by Crippen LogP contribution is -2.21. The van der Waals surface area contributed by atoms with Crippen molar-refractivity contribution in [1.82, 2.24) is 0 Å². The molecule has 3 rings (SSSR count). The molecule has 0 amide bonds. The van der Waals surface area contributed by atoms with Gasteiger partial charge in [0.2, 0.25) is 0 Å². The van der Waals surface area contributed by atoms with Crippen LogP contribution in [0.15, 0.2) is 72.8 Å². The summed E-state index contributed by atoms with van der Waals surface area (Å²) >= 11 is 18.8. The molecule has 3 aromatic carbocycles. The van der Waals surface area contributed by atoms with Gasteiger partial charge in [0, 0.05) is 5.30 Å². The van der Waals surface area contributed by atoms with E-state index in [0.29, 0.717) is 15.1 Å². The third-order valence-corrected chi connectivity index (χ3v) is 6.91. The van der Waals surface area contributed by atoms with Gasteiger partial charge in [-0.1, -0.05) is 95.5 Å². The fraction of sp³-hybridized carbons (Fsp3) is 0. The third-order valence-electron chi connectivity index (χ3n) is 3.26. The van der Waals surface area contributed by atoms with Crippen molar-refractivity contribution in [1.29, 1.82) is 0 Å². The van der Waals surface area contributed by atoms with Crippen LogP contribution in [0.1, 0.15) is 0 Å². The summed E-state index contributed by atoms with van der Waals surface area (Å²) < 4.78 is 0. The van der Waals surface area contributed by atoms with E-state index < -0.39 is 7.92 Å². The molecule has 0 radical (unpaired) electrons. The highest BCUT2D eigenvalue weighted by Gasteiger charge is 2.20. The molecule has 0 aliphatic rings. The lowest BCUT2D eigenvalue weighted by Gasteiger charge is -2.21. The third kappa shape index (κ3) is 3.31. The minimum absolute atomic E-state index is 0.478. The molecule has 0 N–H and O–H groups in total. The van der Waals surface area contributed by atoms with E-state index in [0.717, 1.165) is 5.30 Å². The molecular formula is C18H12Cl3P. The first-order chi connectivity index (χ1) is 10.7. The molecule has 0 fully saturated rings. The smallest absolute Gasteiger partial charge is 0.0607 e. The Hall–Kier alpha value is -1.04. The Morgan fingerprint density at radius 3 is 1.50 bits per heavy atom. The van der Waals surface area contributed by atoms with Gasteiger partial charge >= 0.3 is 0 Å². The SMILES string of the molecule is Clc1cc(Cl)c(P(c2ccccc2)c2ccccc2)cc1Cl. The molecule has 0 spiro atoms. The molecule has 0 nitrogen and oxygen atoms in total. The molecule has 0 unspecified atom stereocenters. The highest BCUT2D eigenvalue weighted by atomic mass is 35.5. The van der Waals surface area contributed by atoms with Crippen LogP contribution >= 0.6 is 42.7 Å².